The SMILES string of the molecule is CCOCc1nc2c(N)nc(C)c(C)c2n1CC(CO)CO.CCOCc1nc2c(NC(C)(C)CC(C)(C)C)nc(C)c(C)c2n1CC1COC(C)(C)OC1. The van der Waals surface area contributed by atoms with Crippen LogP contribution >= 0.6 is 0 Å². The molecule has 4 aromatic rings. The lowest BCUT2D eigenvalue weighted by molar-refractivity contribution is -0.263. The Morgan fingerprint density at radius 1 is 0.818 bits per heavy atom. The average molecular weight is 769 g/mol. The molecule has 0 radical (unpaired) electrons. The number of nitrogen functional groups attached to an aromatic ring is 1. The van der Waals surface area contributed by atoms with Gasteiger partial charge in [-0.2, -0.15) is 0 Å². The first-order chi connectivity index (χ1) is 25.7. The molecule has 14 nitrogen and oxygen atoms in total. The van der Waals surface area contributed by atoms with Crippen molar-refractivity contribution in [3.8, 4) is 0 Å². The summed E-state index contributed by atoms with van der Waals surface area (Å²) >= 11 is 0. The van der Waals surface area contributed by atoms with Gasteiger partial charge in [-0.05, 0) is 92.2 Å². The molecule has 0 amide bonds. The molecular weight excluding hydrogens is 701 g/mol. The van der Waals surface area contributed by atoms with E-state index in [0.717, 1.165) is 69.5 Å². The molecule has 1 saturated heterocycles. The summed E-state index contributed by atoms with van der Waals surface area (Å²) in [5.74, 6) is 2.35. The third-order valence-corrected chi connectivity index (χ3v) is 9.95. The van der Waals surface area contributed by atoms with Gasteiger partial charge < -0.3 is 49.3 Å². The van der Waals surface area contributed by atoms with Crippen molar-refractivity contribution in [3.63, 3.8) is 0 Å². The number of hydrogen-bond acceptors (Lipinski definition) is 12. The van der Waals surface area contributed by atoms with Crippen molar-refractivity contribution >= 4 is 33.7 Å². The fourth-order valence-corrected chi connectivity index (χ4v) is 7.37. The summed E-state index contributed by atoms with van der Waals surface area (Å²) in [4.78, 5) is 18.9. The zero-order valence-corrected chi connectivity index (χ0v) is 35.7. The van der Waals surface area contributed by atoms with E-state index in [1.807, 2.05) is 46.1 Å². The maximum atomic E-state index is 9.38. The third kappa shape index (κ3) is 11.1. The van der Waals surface area contributed by atoms with Crippen molar-refractivity contribution in [1.82, 2.24) is 29.1 Å². The number of pyridine rings is 2. The van der Waals surface area contributed by atoms with E-state index in [1.54, 1.807) is 0 Å². The van der Waals surface area contributed by atoms with E-state index in [0.29, 0.717) is 57.5 Å². The van der Waals surface area contributed by atoms with E-state index in [4.69, 9.17) is 34.6 Å². The Balaban J connectivity index is 0.000000265. The second-order valence-electron chi connectivity index (χ2n) is 17.2. The van der Waals surface area contributed by atoms with Gasteiger partial charge in [0.05, 0.1) is 24.2 Å². The first-order valence-electron chi connectivity index (χ1n) is 19.7. The van der Waals surface area contributed by atoms with Gasteiger partial charge in [-0.15, -0.1) is 0 Å². The molecule has 14 heteroatoms. The minimum Gasteiger partial charge on any atom is -0.396 e. The Hall–Kier alpha value is -3.40. The number of nitrogens with zero attached hydrogens (tertiary/aromatic N) is 6. The van der Waals surface area contributed by atoms with Gasteiger partial charge in [-0.1, -0.05) is 20.8 Å². The van der Waals surface area contributed by atoms with Gasteiger partial charge in [0.1, 0.15) is 35.9 Å². The van der Waals surface area contributed by atoms with E-state index < -0.39 is 5.79 Å². The maximum Gasteiger partial charge on any atom is 0.162 e. The second-order valence-corrected chi connectivity index (χ2v) is 17.2. The lowest BCUT2D eigenvalue weighted by Crippen LogP contribution is -2.40. The number of ether oxygens (including phenoxy) is 4. The quantitative estimate of drug-likeness (QED) is 0.105. The molecule has 1 fully saturated rings. The predicted octanol–water partition coefficient (Wildman–Crippen LogP) is 6.38. The van der Waals surface area contributed by atoms with E-state index >= 15 is 0 Å². The van der Waals surface area contributed by atoms with Crippen LogP contribution in [0.3, 0.4) is 0 Å². The number of aliphatic hydroxyl groups is 2. The van der Waals surface area contributed by atoms with Gasteiger partial charge in [0.2, 0.25) is 0 Å². The molecule has 5 rings (SSSR count). The van der Waals surface area contributed by atoms with Crippen LogP contribution in [0.5, 0.6) is 0 Å². The number of imidazole rings is 2. The fourth-order valence-electron chi connectivity index (χ4n) is 7.37. The van der Waals surface area contributed by atoms with Crippen LogP contribution in [0.2, 0.25) is 0 Å². The zero-order chi connectivity index (χ0) is 40.9. The maximum absolute atomic E-state index is 9.38. The van der Waals surface area contributed by atoms with Crippen LogP contribution in [-0.2, 0) is 45.3 Å². The number of anilines is 2. The molecule has 5 N–H and O–H groups in total. The number of fused-ring (bicyclic) bond motifs is 2. The molecule has 0 unspecified atom stereocenters. The van der Waals surface area contributed by atoms with Gasteiger partial charge in [0, 0.05) is 68.3 Å². The van der Waals surface area contributed by atoms with Gasteiger partial charge in [-0.25, -0.2) is 19.9 Å². The first kappa shape index (κ1) is 44.3. The summed E-state index contributed by atoms with van der Waals surface area (Å²) in [7, 11) is 0. The third-order valence-electron chi connectivity index (χ3n) is 9.95. The highest BCUT2D eigenvalue weighted by Crippen LogP contribution is 2.35. The molecule has 0 aliphatic carbocycles. The van der Waals surface area contributed by atoms with Gasteiger partial charge in [0.15, 0.2) is 17.4 Å². The molecule has 0 bridgehead atoms. The standard InChI is InChI=1S/C26H44N4O3.C15H24N4O3/c1-11-31-15-20-28-21-22(30(20)12-19-13-32-26(9,10)33-14-19)17(2)18(3)27-23(21)29-25(7,8)16-24(4,5)6;1-4-22-8-12-18-13-14(9(2)10(3)17-15(13)16)19(12)5-11(6-20)7-21/h19H,11-16H2,1-10H3,(H,27,29);11,20-21H,4-8H2,1-3H3,(H2,16,17). The summed E-state index contributed by atoms with van der Waals surface area (Å²) in [6, 6.07) is 0. The van der Waals surface area contributed by atoms with E-state index in [1.165, 1.54) is 0 Å². The number of nitrogens with one attached hydrogen (secondary N) is 1. The van der Waals surface area contributed by atoms with Crippen molar-refractivity contribution in [3.05, 3.63) is 34.2 Å². The molecule has 1 aliphatic rings. The number of hydrogen-bond donors (Lipinski definition) is 4. The highest BCUT2D eigenvalue weighted by molar-refractivity contribution is 5.90. The van der Waals surface area contributed by atoms with Crippen LogP contribution in [0, 0.1) is 44.9 Å². The predicted molar refractivity (Wildman–Crippen MR) is 218 cm³/mol. The summed E-state index contributed by atoms with van der Waals surface area (Å²) < 4.78 is 27.4. The summed E-state index contributed by atoms with van der Waals surface area (Å²) in [6.45, 7) is 31.6. The monoisotopic (exact) mass is 769 g/mol. The van der Waals surface area contributed by atoms with Crippen molar-refractivity contribution in [1.29, 1.82) is 0 Å². The Bertz CT molecular complexity index is 1880. The minimum absolute atomic E-state index is 0.0944. The van der Waals surface area contributed by atoms with E-state index in [-0.39, 0.29) is 36.0 Å². The van der Waals surface area contributed by atoms with Crippen LogP contribution in [0.15, 0.2) is 0 Å². The highest BCUT2D eigenvalue weighted by atomic mass is 16.7. The second kappa shape index (κ2) is 18.2. The van der Waals surface area contributed by atoms with Crippen molar-refractivity contribution < 1.29 is 29.2 Å². The normalized spacial score (nSPS) is 15.3. The van der Waals surface area contributed by atoms with Crippen molar-refractivity contribution in [2.24, 2.45) is 17.3 Å². The molecule has 5 heterocycles. The molecule has 308 valence electrons. The van der Waals surface area contributed by atoms with Crippen LogP contribution in [0.25, 0.3) is 22.1 Å². The summed E-state index contributed by atoms with van der Waals surface area (Å²) in [6.07, 6.45) is 1.01. The van der Waals surface area contributed by atoms with Crippen LogP contribution in [0.1, 0.15) is 103 Å². The number of rotatable bonds is 15. The Labute approximate surface area is 327 Å². The Morgan fingerprint density at radius 2 is 1.33 bits per heavy atom. The lowest BCUT2D eigenvalue weighted by atomic mass is 9.82. The smallest absolute Gasteiger partial charge is 0.162 e. The molecule has 4 aromatic heterocycles. The molecule has 1 aliphatic heterocycles. The van der Waals surface area contributed by atoms with Crippen LogP contribution < -0.4 is 11.1 Å². The molecular formula is C41H68N8O6. The number of aliphatic hydroxyl groups excluding tert-OH is 2. The topological polar surface area (TPSA) is 177 Å². The molecule has 0 spiro atoms. The first-order valence-corrected chi connectivity index (χ1v) is 19.7. The molecule has 0 atom stereocenters. The van der Waals surface area contributed by atoms with Gasteiger partial charge in [-0.3, -0.25) is 0 Å². The van der Waals surface area contributed by atoms with Gasteiger partial charge >= 0.3 is 0 Å². The molecule has 55 heavy (non-hydrogen) atoms. The van der Waals surface area contributed by atoms with E-state index in [2.05, 4.69) is 68.3 Å². The molecule has 0 aromatic carbocycles. The fraction of sp³-hybridized carbons (Fsp3) is 0.707. The lowest BCUT2D eigenvalue weighted by Gasteiger charge is -2.35. The number of nitrogens with two attached hydrogens (primary N) is 1. The Morgan fingerprint density at radius 3 is 1.85 bits per heavy atom. The van der Waals surface area contributed by atoms with Crippen molar-refractivity contribution in [2.75, 3.05) is 50.7 Å². The van der Waals surface area contributed by atoms with E-state index in [9.17, 15) is 10.2 Å². The zero-order valence-electron chi connectivity index (χ0n) is 35.7. The minimum atomic E-state index is -0.520. The summed E-state index contributed by atoms with van der Waals surface area (Å²) in [5.41, 5.74) is 13.7. The largest absolute Gasteiger partial charge is 0.396 e. The number of aromatic nitrogens is 6. The average Bonchev–Trinajstić information content (AvgIpc) is 3.65. The summed E-state index contributed by atoms with van der Waals surface area (Å²) in [5, 5.41) is 22.5. The highest BCUT2D eigenvalue weighted by Gasteiger charge is 2.31. The van der Waals surface area contributed by atoms with Gasteiger partial charge in [0.25, 0.3) is 0 Å². The number of aryl methyl sites for hydroxylation is 4. The Kier molecular flexibility index (Phi) is 14.7. The van der Waals surface area contributed by atoms with Crippen molar-refractivity contribution in [2.45, 2.75) is 134 Å². The van der Waals surface area contributed by atoms with Crippen LogP contribution in [0.4, 0.5) is 11.6 Å². The van der Waals surface area contributed by atoms with Crippen LogP contribution in [-0.4, -0.2) is 90.3 Å². The molecule has 0 saturated carbocycles.